The zero-order chi connectivity index (χ0) is 14.8. The van der Waals surface area contributed by atoms with Gasteiger partial charge in [0.15, 0.2) is 0 Å². The minimum absolute atomic E-state index is 0. The van der Waals surface area contributed by atoms with Gasteiger partial charge in [0.25, 0.3) is 0 Å². The second kappa shape index (κ2) is 6.93. The van der Waals surface area contributed by atoms with Gasteiger partial charge < -0.3 is 10.6 Å². The molecule has 2 N–H and O–H groups in total. The third kappa shape index (κ3) is 3.15. The van der Waals surface area contributed by atoms with Crippen LogP contribution in [0.25, 0.3) is 0 Å². The summed E-state index contributed by atoms with van der Waals surface area (Å²) >= 11 is 0. The van der Waals surface area contributed by atoms with E-state index in [9.17, 15) is 4.79 Å². The van der Waals surface area contributed by atoms with Crippen LogP contribution in [-0.4, -0.2) is 38.6 Å². The lowest BCUT2D eigenvalue weighted by Gasteiger charge is -2.17. The molecule has 1 fully saturated rings. The van der Waals surface area contributed by atoms with Crippen molar-refractivity contribution in [1.82, 2.24) is 24.9 Å². The van der Waals surface area contributed by atoms with Gasteiger partial charge >= 0.3 is 0 Å². The van der Waals surface area contributed by atoms with Gasteiger partial charge in [-0.1, -0.05) is 0 Å². The lowest BCUT2D eigenvalue weighted by atomic mass is 9.90. The van der Waals surface area contributed by atoms with E-state index in [0.717, 1.165) is 24.5 Å². The van der Waals surface area contributed by atoms with Crippen LogP contribution in [0.3, 0.4) is 0 Å². The molecular formula is C14H21ClN6O. The van der Waals surface area contributed by atoms with E-state index < -0.39 is 0 Å². The van der Waals surface area contributed by atoms with Crippen LogP contribution in [0.2, 0.25) is 0 Å². The fourth-order valence-corrected chi connectivity index (χ4v) is 2.85. The van der Waals surface area contributed by atoms with E-state index in [0.29, 0.717) is 6.54 Å². The maximum absolute atomic E-state index is 12.6. The first kappa shape index (κ1) is 16.5. The van der Waals surface area contributed by atoms with E-state index in [4.69, 9.17) is 0 Å². The number of hydrogen-bond donors (Lipinski definition) is 2. The van der Waals surface area contributed by atoms with Crippen molar-refractivity contribution in [2.75, 3.05) is 18.4 Å². The number of nitrogens with zero attached hydrogens (tertiary/aromatic N) is 4. The SMILES string of the molecule is CCn1nccc1NC(=O)[C@H]1CNC[C@@H]1c1cnn(C)c1.Cl. The summed E-state index contributed by atoms with van der Waals surface area (Å²) in [5, 5.41) is 14.7. The Kier molecular flexibility index (Phi) is 5.20. The van der Waals surface area contributed by atoms with Gasteiger partial charge in [-0.15, -0.1) is 12.4 Å². The molecule has 0 radical (unpaired) electrons. The van der Waals surface area contributed by atoms with E-state index in [2.05, 4.69) is 20.8 Å². The molecule has 3 rings (SSSR count). The fourth-order valence-electron chi connectivity index (χ4n) is 2.85. The molecule has 2 atom stereocenters. The van der Waals surface area contributed by atoms with Crippen molar-refractivity contribution in [3.63, 3.8) is 0 Å². The monoisotopic (exact) mass is 324 g/mol. The normalized spacial score (nSPS) is 20.6. The molecule has 0 spiro atoms. The molecule has 22 heavy (non-hydrogen) atoms. The van der Waals surface area contributed by atoms with Crippen LogP contribution in [0.1, 0.15) is 18.4 Å². The Morgan fingerprint density at radius 2 is 2.27 bits per heavy atom. The molecule has 2 aromatic rings. The standard InChI is InChI=1S/C14H20N6O.ClH/c1-3-20-13(4-5-16-20)18-14(21)12-8-15-7-11(12)10-6-17-19(2)9-10;/h4-6,9,11-12,15H,3,7-8H2,1-2H3,(H,18,21);1H/t11-,12+;/m1./s1. The summed E-state index contributed by atoms with van der Waals surface area (Å²) in [6.45, 7) is 4.22. The second-order valence-corrected chi connectivity index (χ2v) is 5.34. The first-order chi connectivity index (χ1) is 10.2. The van der Waals surface area contributed by atoms with Crippen LogP contribution < -0.4 is 10.6 Å². The van der Waals surface area contributed by atoms with Crippen molar-refractivity contribution >= 4 is 24.1 Å². The smallest absolute Gasteiger partial charge is 0.230 e. The highest BCUT2D eigenvalue weighted by atomic mass is 35.5. The maximum Gasteiger partial charge on any atom is 0.230 e. The van der Waals surface area contributed by atoms with Gasteiger partial charge in [-0.2, -0.15) is 10.2 Å². The summed E-state index contributed by atoms with van der Waals surface area (Å²) in [6, 6.07) is 1.82. The highest BCUT2D eigenvalue weighted by Crippen LogP contribution is 2.28. The Bertz CT molecular complexity index is 637. The topological polar surface area (TPSA) is 76.8 Å². The van der Waals surface area contributed by atoms with E-state index >= 15 is 0 Å². The Labute approximate surface area is 135 Å². The Morgan fingerprint density at radius 3 is 2.95 bits per heavy atom. The fraction of sp³-hybridized carbons (Fsp3) is 0.500. The third-order valence-electron chi connectivity index (χ3n) is 3.97. The van der Waals surface area contributed by atoms with E-state index in [-0.39, 0.29) is 30.2 Å². The van der Waals surface area contributed by atoms with Crippen molar-refractivity contribution in [2.45, 2.75) is 19.4 Å². The van der Waals surface area contributed by atoms with Crippen molar-refractivity contribution in [3.05, 3.63) is 30.2 Å². The Morgan fingerprint density at radius 1 is 1.45 bits per heavy atom. The predicted molar refractivity (Wildman–Crippen MR) is 86.1 cm³/mol. The summed E-state index contributed by atoms with van der Waals surface area (Å²) in [6.07, 6.45) is 5.52. The van der Waals surface area contributed by atoms with Crippen molar-refractivity contribution in [3.8, 4) is 0 Å². The third-order valence-corrected chi connectivity index (χ3v) is 3.97. The average molecular weight is 325 g/mol. The highest BCUT2D eigenvalue weighted by Gasteiger charge is 2.35. The molecule has 0 bridgehead atoms. The molecule has 120 valence electrons. The molecule has 8 heteroatoms. The maximum atomic E-state index is 12.6. The van der Waals surface area contributed by atoms with Crippen LogP contribution in [0.15, 0.2) is 24.7 Å². The first-order valence-corrected chi connectivity index (χ1v) is 7.21. The average Bonchev–Trinajstić information content (AvgIpc) is 3.17. The summed E-state index contributed by atoms with van der Waals surface area (Å²) < 4.78 is 3.55. The number of nitrogens with one attached hydrogen (secondary N) is 2. The van der Waals surface area contributed by atoms with Crippen LogP contribution >= 0.6 is 12.4 Å². The van der Waals surface area contributed by atoms with Gasteiger partial charge in [-0.05, 0) is 12.5 Å². The number of carbonyl (C=O) groups excluding carboxylic acids is 1. The molecule has 1 aliphatic rings. The largest absolute Gasteiger partial charge is 0.315 e. The van der Waals surface area contributed by atoms with Crippen LogP contribution in [0, 0.1) is 5.92 Å². The van der Waals surface area contributed by atoms with Gasteiger partial charge in [0.2, 0.25) is 5.91 Å². The zero-order valence-corrected chi connectivity index (χ0v) is 13.5. The summed E-state index contributed by atoms with van der Waals surface area (Å²) in [5.74, 6) is 0.856. The van der Waals surface area contributed by atoms with Crippen LogP contribution in [-0.2, 0) is 18.4 Å². The zero-order valence-electron chi connectivity index (χ0n) is 12.7. The van der Waals surface area contributed by atoms with Crippen LogP contribution in [0.5, 0.6) is 0 Å². The lowest BCUT2D eigenvalue weighted by Crippen LogP contribution is -2.29. The van der Waals surface area contributed by atoms with Gasteiger partial charge in [0.05, 0.1) is 18.3 Å². The summed E-state index contributed by atoms with van der Waals surface area (Å²) in [4.78, 5) is 12.6. The number of aryl methyl sites for hydroxylation is 2. The van der Waals surface area contributed by atoms with Crippen LogP contribution in [0.4, 0.5) is 5.82 Å². The Balaban J connectivity index is 0.00000176. The minimum atomic E-state index is -0.0885. The number of hydrogen-bond acceptors (Lipinski definition) is 4. The van der Waals surface area contributed by atoms with Gasteiger partial charge in [0.1, 0.15) is 5.82 Å². The second-order valence-electron chi connectivity index (χ2n) is 5.34. The van der Waals surface area contributed by atoms with Crippen molar-refractivity contribution < 1.29 is 4.79 Å². The minimum Gasteiger partial charge on any atom is -0.315 e. The molecule has 0 aromatic carbocycles. The summed E-state index contributed by atoms with van der Waals surface area (Å²) in [5.41, 5.74) is 1.10. The van der Waals surface area contributed by atoms with E-state index in [1.807, 2.05) is 32.4 Å². The molecule has 2 aromatic heterocycles. The quantitative estimate of drug-likeness (QED) is 0.879. The molecular weight excluding hydrogens is 304 g/mol. The number of anilines is 1. The molecule has 0 aliphatic carbocycles. The first-order valence-electron chi connectivity index (χ1n) is 7.21. The number of aromatic nitrogens is 4. The number of rotatable bonds is 4. The highest BCUT2D eigenvalue weighted by molar-refractivity contribution is 5.92. The molecule has 3 heterocycles. The lowest BCUT2D eigenvalue weighted by molar-refractivity contribution is -0.119. The molecule has 0 saturated carbocycles. The van der Waals surface area contributed by atoms with E-state index in [1.165, 1.54) is 0 Å². The van der Waals surface area contributed by atoms with Crippen molar-refractivity contribution in [1.29, 1.82) is 0 Å². The number of halogens is 1. The van der Waals surface area contributed by atoms with Gasteiger partial charge in [-0.25, -0.2) is 4.68 Å². The van der Waals surface area contributed by atoms with Crippen molar-refractivity contribution in [2.24, 2.45) is 13.0 Å². The molecule has 1 aliphatic heterocycles. The molecule has 1 amide bonds. The molecule has 1 saturated heterocycles. The van der Waals surface area contributed by atoms with E-state index in [1.54, 1.807) is 15.6 Å². The van der Waals surface area contributed by atoms with Gasteiger partial charge in [0, 0.05) is 44.9 Å². The van der Waals surface area contributed by atoms with Gasteiger partial charge in [-0.3, -0.25) is 9.48 Å². The molecule has 0 unspecified atom stereocenters. The molecule has 7 nitrogen and oxygen atoms in total. The summed E-state index contributed by atoms with van der Waals surface area (Å²) in [7, 11) is 1.89. The number of carbonyl (C=O) groups is 1. The predicted octanol–water partition coefficient (Wildman–Crippen LogP) is 1.00. The number of amides is 1. The Hall–Kier alpha value is -1.86.